The van der Waals surface area contributed by atoms with Gasteiger partial charge in [-0.3, -0.25) is 15.0 Å². The molecule has 0 aliphatic heterocycles. The molecule has 7 nitrogen and oxygen atoms in total. The minimum atomic E-state index is -0.677. The van der Waals surface area contributed by atoms with Crippen molar-refractivity contribution >= 4 is 35.2 Å². The van der Waals surface area contributed by atoms with E-state index in [1.165, 1.54) is 11.8 Å². The fourth-order valence-corrected chi connectivity index (χ4v) is 8.39. The van der Waals surface area contributed by atoms with Crippen LogP contribution in [0.2, 0.25) is 0 Å². The molecule has 3 fully saturated rings. The van der Waals surface area contributed by atoms with Crippen LogP contribution in [0, 0.1) is 39.4 Å². The molecule has 0 amide bonds. The number of thioether (sulfide) groups is 1. The van der Waals surface area contributed by atoms with E-state index in [1.807, 2.05) is 31.2 Å². The lowest BCUT2D eigenvalue weighted by Gasteiger charge is -2.61. The number of benzene rings is 1. The number of aliphatic hydroxyl groups excluding tert-OH is 1. The number of nitrogens with one attached hydrogen (secondary N) is 2. The Morgan fingerprint density at radius 2 is 2.08 bits per heavy atom. The molecule has 8 heteroatoms. The highest BCUT2D eigenvalue weighted by Gasteiger charge is 2.68. The standard InChI is InChI=1S/C29H41N3O4S/c1-6-27(4)15-22(36-23(34)16-37-20-9-7-8-19(14-20)32-26(30)31)28(5)17(2)10-12-29(18(3)25(27)35)13-11-21(33)24(28)29/h6-9,14,17-18,22,24-25,35H,1,10-13,15-16H2,2-5H3,(H4,30,31,32)/t17?,18-,22+,24?,25?,27+,28-,29?/m0/s1. The molecule has 3 aliphatic carbocycles. The van der Waals surface area contributed by atoms with Crippen LogP contribution in [-0.2, 0) is 14.3 Å². The number of rotatable bonds is 6. The van der Waals surface area contributed by atoms with Crippen molar-refractivity contribution in [2.75, 3.05) is 11.1 Å². The van der Waals surface area contributed by atoms with Gasteiger partial charge in [-0.15, -0.1) is 18.3 Å². The Morgan fingerprint density at radius 1 is 1.35 bits per heavy atom. The number of Topliss-reactive ketones (excluding diaryl/α,β-unsaturated/α-hetero) is 1. The number of aliphatic hydroxyl groups is 1. The molecule has 1 aromatic carbocycles. The molecule has 4 unspecified atom stereocenters. The first-order valence-corrected chi connectivity index (χ1v) is 14.2. The molecular formula is C29H41N3O4S. The molecule has 0 heterocycles. The second-order valence-corrected chi connectivity index (χ2v) is 13.0. The van der Waals surface area contributed by atoms with Crippen molar-refractivity contribution in [1.82, 2.24) is 0 Å². The van der Waals surface area contributed by atoms with E-state index in [0.29, 0.717) is 18.5 Å². The van der Waals surface area contributed by atoms with Gasteiger partial charge >= 0.3 is 5.97 Å². The fourth-order valence-electron chi connectivity index (χ4n) is 7.66. The largest absolute Gasteiger partial charge is 0.461 e. The van der Waals surface area contributed by atoms with Crippen molar-refractivity contribution in [2.45, 2.75) is 76.9 Å². The number of esters is 1. The molecule has 0 saturated heterocycles. The Morgan fingerprint density at radius 3 is 2.76 bits per heavy atom. The molecule has 0 radical (unpaired) electrons. The monoisotopic (exact) mass is 527 g/mol. The zero-order chi connectivity index (χ0) is 27.2. The van der Waals surface area contributed by atoms with Crippen molar-refractivity contribution < 1.29 is 19.4 Å². The second-order valence-electron chi connectivity index (χ2n) is 11.9. The minimum absolute atomic E-state index is 0.0538. The second kappa shape index (κ2) is 10.1. The summed E-state index contributed by atoms with van der Waals surface area (Å²) in [5, 5.41) is 21.8. The Bertz CT molecular complexity index is 1090. The van der Waals surface area contributed by atoms with Crippen molar-refractivity contribution in [1.29, 1.82) is 5.41 Å². The first kappa shape index (κ1) is 27.7. The Hall–Kier alpha value is -2.32. The van der Waals surface area contributed by atoms with E-state index < -0.39 is 23.0 Å². The fraction of sp³-hybridized carbons (Fsp3) is 0.621. The van der Waals surface area contributed by atoms with Crippen molar-refractivity contribution in [2.24, 2.45) is 39.7 Å². The van der Waals surface area contributed by atoms with Gasteiger partial charge in [0, 0.05) is 33.8 Å². The van der Waals surface area contributed by atoms with Gasteiger partial charge in [0.2, 0.25) is 0 Å². The third-order valence-corrected chi connectivity index (χ3v) is 11.0. The van der Waals surface area contributed by atoms with E-state index in [-0.39, 0.29) is 46.6 Å². The molecule has 8 atom stereocenters. The Labute approximate surface area is 224 Å². The molecule has 37 heavy (non-hydrogen) atoms. The van der Waals surface area contributed by atoms with Crippen LogP contribution in [0.15, 0.2) is 41.8 Å². The third-order valence-electron chi connectivity index (χ3n) is 10.0. The highest BCUT2D eigenvalue weighted by molar-refractivity contribution is 8.00. The number of ketones is 1. The minimum Gasteiger partial charge on any atom is -0.461 e. The average Bonchev–Trinajstić information content (AvgIpc) is 3.21. The highest BCUT2D eigenvalue weighted by Crippen LogP contribution is 2.68. The third kappa shape index (κ3) is 4.71. The molecule has 0 spiro atoms. The van der Waals surface area contributed by atoms with Crippen LogP contribution in [0.4, 0.5) is 5.69 Å². The van der Waals surface area contributed by atoms with Crippen LogP contribution in [-0.4, -0.2) is 40.8 Å². The molecule has 5 N–H and O–H groups in total. The molecule has 4 rings (SSSR count). The summed E-state index contributed by atoms with van der Waals surface area (Å²) in [5.41, 5.74) is 4.66. The van der Waals surface area contributed by atoms with Gasteiger partial charge in [0.1, 0.15) is 11.9 Å². The van der Waals surface area contributed by atoms with Gasteiger partial charge < -0.3 is 20.9 Å². The van der Waals surface area contributed by atoms with Crippen LogP contribution < -0.4 is 11.1 Å². The van der Waals surface area contributed by atoms with Crippen molar-refractivity contribution in [3.8, 4) is 0 Å². The molecule has 1 aromatic rings. The maximum atomic E-state index is 13.5. The van der Waals surface area contributed by atoms with Gasteiger partial charge in [0.05, 0.1) is 11.9 Å². The lowest BCUT2D eigenvalue weighted by molar-refractivity contribution is -0.205. The van der Waals surface area contributed by atoms with E-state index in [1.54, 1.807) is 6.07 Å². The van der Waals surface area contributed by atoms with Crippen LogP contribution in [0.3, 0.4) is 0 Å². The smallest absolute Gasteiger partial charge is 0.316 e. The number of anilines is 1. The summed E-state index contributed by atoms with van der Waals surface area (Å²) in [6.45, 7) is 12.5. The van der Waals surface area contributed by atoms with Crippen LogP contribution in [0.25, 0.3) is 0 Å². The predicted octanol–water partition coefficient (Wildman–Crippen LogP) is 4.99. The van der Waals surface area contributed by atoms with Gasteiger partial charge in [-0.2, -0.15) is 0 Å². The summed E-state index contributed by atoms with van der Waals surface area (Å²) in [4.78, 5) is 27.6. The molecule has 3 saturated carbocycles. The average molecular weight is 528 g/mol. The van der Waals surface area contributed by atoms with Crippen LogP contribution >= 0.6 is 11.8 Å². The number of guanidine groups is 1. The first-order valence-electron chi connectivity index (χ1n) is 13.2. The summed E-state index contributed by atoms with van der Waals surface area (Å²) in [6.07, 6.45) is 4.21. The normalized spacial score (nSPS) is 39.2. The molecule has 2 bridgehead atoms. The van der Waals surface area contributed by atoms with E-state index >= 15 is 0 Å². The topological polar surface area (TPSA) is 126 Å². The maximum absolute atomic E-state index is 13.5. The summed E-state index contributed by atoms with van der Waals surface area (Å²) < 4.78 is 6.30. The van der Waals surface area contributed by atoms with Gasteiger partial charge in [-0.25, -0.2) is 0 Å². The lowest BCUT2D eigenvalue weighted by Crippen LogP contribution is -2.63. The number of ether oxygens (including phenoxy) is 1. The SMILES string of the molecule is C=C[C@]1(C)C[C@@H](OC(=O)CSc2cccc(NC(=N)N)c2)[C@]2(C)C(C)CCC3(CCC(=O)C32)[C@@H](C)C1O. The summed E-state index contributed by atoms with van der Waals surface area (Å²) in [7, 11) is 0. The number of carbonyl (C=O) groups excluding carboxylic acids is 2. The summed E-state index contributed by atoms with van der Waals surface area (Å²) in [6, 6.07) is 7.36. The summed E-state index contributed by atoms with van der Waals surface area (Å²) in [5.74, 6) is -0.226. The number of hydrogen-bond donors (Lipinski definition) is 4. The van der Waals surface area contributed by atoms with E-state index in [2.05, 4.69) is 32.7 Å². The quantitative estimate of drug-likeness (QED) is 0.135. The van der Waals surface area contributed by atoms with Gasteiger partial charge in [-0.05, 0) is 61.1 Å². The first-order chi connectivity index (χ1) is 17.4. The van der Waals surface area contributed by atoms with E-state index in [4.69, 9.17) is 15.9 Å². The van der Waals surface area contributed by atoms with Gasteiger partial charge in [-0.1, -0.05) is 39.8 Å². The Kier molecular flexibility index (Phi) is 7.56. The zero-order valence-corrected chi connectivity index (χ0v) is 23.2. The Balaban J connectivity index is 1.62. The van der Waals surface area contributed by atoms with Crippen LogP contribution in [0.1, 0.15) is 59.8 Å². The number of nitrogens with two attached hydrogens (primary N) is 1. The summed E-state index contributed by atoms with van der Waals surface area (Å²) >= 11 is 1.35. The van der Waals surface area contributed by atoms with Crippen molar-refractivity contribution in [3.63, 3.8) is 0 Å². The zero-order valence-electron chi connectivity index (χ0n) is 22.4. The lowest BCUT2D eigenvalue weighted by atomic mass is 9.44. The molecular weight excluding hydrogens is 486 g/mol. The highest BCUT2D eigenvalue weighted by atomic mass is 32.2. The molecule has 3 aliphatic rings. The molecule has 0 aromatic heterocycles. The van der Waals surface area contributed by atoms with E-state index in [0.717, 1.165) is 24.2 Å². The van der Waals surface area contributed by atoms with Gasteiger partial charge in [0.15, 0.2) is 5.96 Å². The number of carbonyl (C=O) groups is 2. The van der Waals surface area contributed by atoms with Crippen LogP contribution in [0.5, 0.6) is 0 Å². The molecule has 202 valence electrons. The number of hydrogen-bond acceptors (Lipinski definition) is 6. The van der Waals surface area contributed by atoms with Crippen molar-refractivity contribution in [3.05, 3.63) is 36.9 Å². The predicted molar refractivity (Wildman–Crippen MR) is 147 cm³/mol. The maximum Gasteiger partial charge on any atom is 0.316 e. The van der Waals surface area contributed by atoms with Gasteiger partial charge in [0.25, 0.3) is 0 Å². The van der Waals surface area contributed by atoms with E-state index in [9.17, 15) is 14.7 Å².